The van der Waals surface area contributed by atoms with Crippen LogP contribution in [0.1, 0.15) is 6.92 Å². The van der Waals surface area contributed by atoms with Crippen molar-refractivity contribution in [3.8, 4) is 0 Å². The lowest BCUT2D eigenvalue weighted by Crippen LogP contribution is -2.52. The zero-order valence-electron chi connectivity index (χ0n) is 9.86. The summed E-state index contributed by atoms with van der Waals surface area (Å²) in [5, 5.41) is 3.18. The lowest BCUT2D eigenvalue weighted by Gasteiger charge is -2.32. The zero-order chi connectivity index (χ0) is 13.3. The minimum Gasteiger partial charge on any atom is -0.314 e. The van der Waals surface area contributed by atoms with Gasteiger partial charge in [-0.3, -0.25) is 0 Å². The standard InChI is InChI=1S/C11H14ClFN2O2S/c1-8-7-14-2-3-15(8)18(16,17)11-5-9(12)4-10(13)6-11/h4-6,8,14H,2-3,7H2,1H3. The summed E-state index contributed by atoms with van der Waals surface area (Å²) in [6, 6.07) is 3.19. The first kappa shape index (κ1) is 13.7. The second-order valence-electron chi connectivity index (χ2n) is 4.27. The van der Waals surface area contributed by atoms with Crippen LogP contribution in [-0.4, -0.2) is 38.4 Å². The topological polar surface area (TPSA) is 49.4 Å². The molecule has 1 fully saturated rings. The van der Waals surface area contributed by atoms with Gasteiger partial charge in [0.25, 0.3) is 0 Å². The van der Waals surface area contributed by atoms with Gasteiger partial charge in [-0.15, -0.1) is 0 Å². The Kier molecular flexibility index (Phi) is 3.91. The van der Waals surface area contributed by atoms with Crippen LogP contribution in [-0.2, 0) is 10.0 Å². The maximum Gasteiger partial charge on any atom is 0.243 e. The highest BCUT2D eigenvalue weighted by molar-refractivity contribution is 7.89. The number of halogens is 2. The van der Waals surface area contributed by atoms with Crippen LogP contribution in [0.2, 0.25) is 5.02 Å². The van der Waals surface area contributed by atoms with Gasteiger partial charge >= 0.3 is 0 Å². The van der Waals surface area contributed by atoms with Gasteiger partial charge in [-0.2, -0.15) is 4.31 Å². The number of sulfonamides is 1. The molecule has 1 atom stereocenters. The SMILES string of the molecule is CC1CNCCN1S(=O)(=O)c1cc(F)cc(Cl)c1. The van der Waals surface area contributed by atoms with E-state index in [2.05, 4.69) is 5.32 Å². The Hall–Kier alpha value is -0.690. The van der Waals surface area contributed by atoms with E-state index in [1.54, 1.807) is 0 Å². The number of nitrogens with one attached hydrogen (secondary N) is 1. The van der Waals surface area contributed by atoms with Crippen LogP contribution in [0.3, 0.4) is 0 Å². The zero-order valence-corrected chi connectivity index (χ0v) is 11.4. The third-order valence-corrected chi connectivity index (χ3v) is 5.09. The monoisotopic (exact) mass is 292 g/mol. The third-order valence-electron chi connectivity index (χ3n) is 2.88. The summed E-state index contributed by atoms with van der Waals surface area (Å²) in [7, 11) is -3.69. The van der Waals surface area contributed by atoms with Gasteiger partial charge in [-0.1, -0.05) is 11.6 Å². The van der Waals surface area contributed by atoms with E-state index >= 15 is 0 Å². The molecule has 1 aliphatic heterocycles. The quantitative estimate of drug-likeness (QED) is 0.898. The van der Waals surface area contributed by atoms with E-state index in [-0.39, 0.29) is 16.0 Å². The molecule has 1 saturated heterocycles. The summed E-state index contributed by atoms with van der Waals surface area (Å²) >= 11 is 5.70. The largest absolute Gasteiger partial charge is 0.314 e. The molecule has 0 aromatic heterocycles. The summed E-state index contributed by atoms with van der Waals surface area (Å²) in [5.74, 6) is -0.649. The third kappa shape index (κ3) is 2.66. The van der Waals surface area contributed by atoms with Crippen LogP contribution in [0.5, 0.6) is 0 Å². The highest BCUT2D eigenvalue weighted by Crippen LogP contribution is 2.23. The Balaban J connectivity index is 2.40. The van der Waals surface area contributed by atoms with Gasteiger partial charge in [-0.25, -0.2) is 12.8 Å². The van der Waals surface area contributed by atoms with Gasteiger partial charge in [-0.05, 0) is 25.1 Å². The summed E-state index contributed by atoms with van der Waals surface area (Å²) in [4.78, 5) is -0.0961. The Labute approximate surface area is 111 Å². The summed E-state index contributed by atoms with van der Waals surface area (Å²) in [5.41, 5.74) is 0. The smallest absolute Gasteiger partial charge is 0.243 e. The molecule has 1 aromatic rings. The van der Waals surface area contributed by atoms with Gasteiger partial charge < -0.3 is 5.32 Å². The van der Waals surface area contributed by atoms with E-state index < -0.39 is 15.8 Å². The molecule has 1 heterocycles. The van der Waals surface area contributed by atoms with Crippen molar-refractivity contribution in [2.45, 2.75) is 17.9 Å². The van der Waals surface area contributed by atoms with Gasteiger partial charge in [0, 0.05) is 30.7 Å². The van der Waals surface area contributed by atoms with Crippen molar-refractivity contribution in [3.05, 3.63) is 29.0 Å². The van der Waals surface area contributed by atoms with Crippen LogP contribution in [0.15, 0.2) is 23.1 Å². The Morgan fingerprint density at radius 1 is 1.44 bits per heavy atom. The molecule has 100 valence electrons. The molecule has 0 bridgehead atoms. The van der Waals surface area contributed by atoms with Crippen molar-refractivity contribution in [1.29, 1.82) is 0 Å². The van der Waals surface area contributed by atoms with Gasteiger partial charge in [0.05, 0.1) is 4.90 Å². The van der Waals surface area contributed by atoms with Gasteiger partial charge in [0.15, 0.2) is 0 Å². The van der Waals surface area contributed by atoms with Crippen LogP contribution in [0, 0.1) is 5.82 Å². The molecule has 0 aliphatic carbocycles. The van der Waals surface area contributed by atoms with E-state index in [1.165, 1.54) is 10.4 Å². The van der Waals surface area contributed by atoms with E-state index in [1.807, 2.05) is 6.92 Å². The van der Waals surface area contributed by atoms with E-state index in [4.69, 9.17) is 11.6 Å². The molecular weight excluding hydrogens is 279 g/mol. The van der Waals surface area contributed by atoms with Crippen molar-refractivity contribution < 1.29 is 12.8 Å². The molecule has 0 radical (unpaired) electrons. The molecule has 7 heteroatoms. The minimum atomic E-state index is -3.69. The predicted molar refractivity (Wildman–Crippen MR) is 67.6 cm³/mol. The van der Waals surface area contributed by atoms with Crippen molar-refractivity contribution in [2.75, 3.05) is 19.6 Å². The summed E-state index contributed by atoms with van der Waals surface area (Å²) < 4.78 is 39.4. The lowest BCUT2D eigenvalue weighted by atomic mass is 10.3. The van der Waals surface area contributed by atoms with Gasteiger partial charge in [0.1, 0.15) is 5.82 Å². The van der Waals surface area contributed by atoms with Crippen molar-refractivity contribution in [2.24, 2.45) is 0 Å². The molecule has 4 nitrogen and oxygen atoms in total. The second kappa shape index (κ2) is 5.13. The fraction of sp³-hybridized carbons (Fsp3) is 0.455. The molecule has 18 heavy (non-hydrogen) atoms. The van der Waals surface area contributed by atoms with Crippen LogP contribution in [0.25, 0.3) is 0 Å². The fourth-order valence-electron chi connectivity index (χ4n) is 1.99. The molecular formula is C11H14ClFN2O2S. The van der Waals surface area contributed by atoms with E-state index in [0.29, 0.717) is 19.6 Å². The first-order valence-corrected chi connectivity index (χ1v) is 7.42. The molecule has 1 aliphatic rings. The van der Waals surface area contributed by atoms with Crippen LogP contribution < -0.4 is 5.32 Å². The normalized spacial score (nSPS) is 22.1. The van der Waals surface area contributed by atoms with Crippen molar-refractivity contribution in [3.63, 3.8) is 0 Å². The molecule has 1 aromatic carbocycles. The maximum absolute atomic E-state index is 13.2. The first-order valence-electron chi connectivity index (χ1n) is 5.60. The van der Waals surface area contributed by atoms with E-state index in [9.17, 15) is 12.8 Å². The molecule has 1 N–H and O–H groups in total. The second-order valence-corrected chi connectivity index (χ2v) is 6.60. The average molecular weight is 293 g/mol. The minimum absolute atomic E-state index is 0.0800. The number of rotatable bonds is 2. The first-order chi connectivity index (χ1) is 8.41. The Bertz CT molecular complexity index is 530. The average Bonchev–Trinajstić information content (AvgIpc) is 2.28. The fourth-order valence-corrected chi connectivity index (χ4v) is 3.97. The summed E-state index contributed by atoms with van der Waals surface area (Å²) in [6.07, 6.45) is 0. The Morgan fingerprint density at radius 3 is 2.78 bits per heavy atom. The number of benzene rings is 1. The predicted octanol–water partition coefficient (Wildman–Crippen LogP) is 1.46. The molecule has 2 rings (SSSR count). The molecule has 0 saturated carbocycles. The van der Waals surface area contributed by atoms with Crippen molar-refractivity contribution in [1.82, 2.24) is 9.62 Å². The number of nitrogens with zero attached hydrogens (tertiary/aromatic N) is 1. The molecule has 0 amide bonds. The highest BCUT2D eigenvalue weighted by Gasteiger charge is 2.31. The van der Waals surface area contributed by atoms with Crippen LogP contribution >= 0.6 is 11.6 Å². The Morgan fingerprint density at radius 2 is 2.17 bits per heavy atom. The molecule has 1 unspecified atom stereocenters. The highest BCUT2D eigenvalue weighted by atomic mass is 35.5. The maximum atomic E-state index is 13.2. The summed E-state index contributed by atoms with van der Waals surface area (Å²) in [6.45, 7) is 3.36. The van der Waals surface area contributed by atoms with Gasteiger partial charge in [0.2, 0.25) is 10.0 Å². The number of piperazine rings is 1. The van der Waals surface area contributed by atoms with Crippen molar-refractivity contribution >= 4 is 21.6 Å². The number of hydrogen-bond acceptors (Lipinski definition) is 3. The van der Waals surface area contributed by atoms with Crippen LogP contribution in [0.4, 0.5) is 4.39 Å². The lowest BCUT2D eigenvalue weighted by molar-refractivity contribution is 0.284. The number of hydrogen-bond donors (Lipinski definition) is 1. The molecule has 0 spiro atoms. The van der Waals surface area contributed by atoms with E-state index in [0.717, 1.165) is 12.1 Å².